The van der Waals surface area contributed by atoms with E-state index in [0.29, 0.717) is 12.0 Å². The zero-order valence-corrected chi connectivity index (χ0v) is 8.07. The Hall–Kier alpha value is -1.71. The van der Waals surface area contributed by atoms with Crippen molar-refractivity contribution in [3.8, 4) is 0 Å². The van der Waals surface area contributed by atoms with E-state index in [1.807, 2.05) is 0 Å². The van der Waals surface area contributed by atoms with Gasteiger partial charge >= 0.3 is 5.97 Å². The second-order valence-corrected chi connectivity index (χ2v) is 3.13. The number of ketones is 1. The first-order valence-electron chi connectivity index (χ1n) is 4.53. The van der Waals surface area contributed by atoms with Crippen molar-refractivity contribution >= 4 is 11.8 Å². The lowest BCUT2D eigenvalue weighted by Gasteiger charge is -2.00. The monoisotopic (exact) mass is 210 g/mol. The number of carboxylic acid groups (broad SMARTS) is 1. The molecule has 0 fully saturated rings. The van der Waals surface area contributed by atoms with Gasteiger partial charge in [0.25, 0.3) is 0 Å². The molecule has 1 N–H and O–H groups in total. The van der Waals surface area contributed by atoms with Gasteiger partial charge in [0.2, 0.25) is 0 Å². The molecule has 0 saturated carbocycles. The molecule has 0 unspecified atom stereocenters. The number of benzene rings is 1. The third kappa shape index (κ3) is 3.50. The molecule has 3 nitrogen and oxygen atoms in total. The van der Waals surface area contributed by atoms with Crippen molar-refractivity contribution < 1.29 is 19.1 Å². The van der Waals surface area contributed by atoms with Gasteiger partial charge in [-0.3, -0.25) is 14.0 Å². The third-order valence-corrected chi connectivity index (χ3v) is 1.97. The molecule has 0 aromatic heterocycles. The Bertz CT molecular complexity index is 357. The molecule has 0 saturated heterocycles. The average molecular weight is 210 g/mol. The molecule has 1 aromatic rings. The van der Waals surface area contributed by atoms with Crippen LogP contribution in [-0.4, -0.2) is 23.5 Å². The van der Waals surface area contributed by atoms with E-state index >= 15 is 0 Å². The molecule has 1 rings (SSSR count). The lowest BCUT2D eigenvalue weighted by molar-refractivity contribution is -0.135. The van der Waals surface area contributed by atoms with Crippen molar-refractivity contribution in [3.05, 3.63) is 35.4 Å². The van der Waals surface area contributed by atoms with Crippen molar-refractivity contribution in [2.24, 2.45) is 0 Å². The fourth-order valence-corrected chi connectivity index (χ4v) is 1.21. The topological polar surface area (TPSA) is 54.4 Å². The Morgan fingerprint density at radius 1 is 1.20 bits per heavy atom. The number of alkyl halides is 1. The number of aryl methyl sites for hydroxylation is 1. The lowest BCUT2D eigenvalue weighted by atomic mass is 10.1. The van der Waals surface area contributed by atoms with Gasteiger partial charge in [0.05, 0.1) is 6.67 Å². The fraction of sp³-hybridized carbons (Fsp3) is 0.273. The number of halogens is 1. The number of hydrogen-bond donors (Lipinski definition) is 1. The molecule has 0 spiro atoms. The quantitative estimate of drug-likeness (QED) is 0.596. The Balaban J connectivity index is 2.71. The van der Waals surface area contributed by atoms with Crippen LogP contribution in [0.3, 0.4) is 0 Å². The maximum Gasteiger partial charge on any atom is 0.311 e. The largest absolute Gasteiger partial charge is 0.481 e. The molecule has 1 aromatic carbocycles. The summed E-state index contributed by atoms with van der Waals surface area (Å²) in [6, 6.07) is 6.32. The fourth-order valence-electron chi connectivity index (χ4n) is 1.21. The van der Waals surface area contributed by atoms with E-state index in [1.54, 1.807) is 12.1 Å². The van der Waals surface area contributed by atoms with E-state index in [4.69, 9.17) is 5.11 Å². The molecule has 0 aliphatic carbocycles. The standard InChI is InChI=1S/C11H11FO3/c12-6-5-8-1-3-9(4-2-8)10(13)7-11(14)15/h1-4H,5-7H2,(H,14,15). The van der Waals surface area contributed by atoms with E-state index in [-0.39, 0.29) is 0 Å². The number of carboxylic acids is 1. The summed E-state index contributed by atoms with van der Waals surface area (Å²) in [6.45, 7) is -0.442. The first kappa shape index (κ1) is 11.4. The minimum Gasteiger partial charge on any atom is -0.481 e. The zero-order chi connectivity index (χ0) is 11.3. The smallest absolute Gasteiger partial charge is 0.311 e. The van der Waals surface area contributed by atoms with E-state index in [9.17, 15) is 14.0 Å². The van der Waals surface area contributed by atoms with Crippen LogP contribution < -0.4 is 0 Å². The van der Waals surface area contributed by atoms with Gasteiger partial charge in [0.15, 0.2) is 5.78 Å². The highest BCUT2D eigenvalue weighted by Crippen LogP contribution is 2.07. The highest BCUT2D eigenvalue weighted by molar-refractivity contribution is 6.05. The van der Waals surface area contributed by atoms with E-state index in [0.717, 1.165) is 5.56 Å². The first-order chi connectivity index (χ1) is 7.13. The third-order valence-electron chi connectivity index (χ3n) is 1.97. The van der Waals surface area contributed by atoms with Gasteiger partial charge in [-0.05, 0) is 5.56 Å². The predicted octanol–water partition coefficient (Wildman–Crippen LogP) is 1.86. The summed E-state index contributed by atoms with van der Waals surface area (Å²) in [5, 5.41) is 8.41. The van der Waals surface area contributed by atoms with Crippen molar-refractivity contribution in [3.63, 3.8) is 0 Å². The van der Waals surface area contributed by atoms with Crippen molar-refractivity contribution in [2.75, 3.05) is 6.67 Å². The van der Waals surface area contributed by atoms with E-state index in [2.05, 4.69) is 0 Å². The summed E-state index contributed by atoms with van der Waals surface area (Å²) < 4.78 is 12.0. The highest BCUT2D eigenvalue weighted by atomic mass is 19.1. The Labute approximate surface area is 86.5 Å². The van der Waals surface area contributed by atoms with Gasteiger partial charge in [-0.1, -0.05) is 24.3 Å². The summed E-state index contributed by atoms with van der Waals surface area (Å²) in [5.74, 6) is -1.58. The molecule has 15 heavy (non-hydrogen) atoms. The number of hydrogen-bond acceptors (Lipinski definition) is 2. The van der Waals surface area contributed by atoms with Crippen LogP contribution in [0.4, 0.5) is 4.39 Å². The summed E-state index contributed by atoms with van der Waals surface area (Å²) in [5.41, 5.74) is 1.14. The molecule has 0 radical (unpaired) electrons. The molecule has 0 atom stereocenters. The molecular formula is C11H11FO3. The maximum absolute atomic E-state index is 12.0. The van der Waals surface area contributed by atoms with Crippen molar-refractivity contribution in [1.29, 1.82) is 0 Å². The molecule has 0 heterocycles. The Kier molecular flexibility index (Phi) is 3.97. The van der Waals surface area contributed by atoms with Gasteiger partial charge in [0, 0.05) is 12.0 Å². The van der Waals surface area contributed by atoms with E-state index in [1.165, 1.54) is 12.1 Å². The summed E-state index contributed by atoms with van der Waals surface area (Å²) >= 11 is 0. The highest BCUT2D eigenvalue weighted by Gasteiger charge is 2.09. The van der Waals surface area contributed by atoms with Crippen LogP contribution in [-0.2, 0) is 11.2 Å². The molecule has 0 bridgehead atoms. The average Bonchev–Trinajstić information content (AvgIpc) is 2.18. The normalized spacial score (nSPS) is 9.93. The SMILES string of the molecule is O=C(O)CC(=O)c1ccc(CCF)cc1. The first-order valence-corrected chi connectivity index (χ1v) is 4.53. The molecule has 0 amide bonds. The molecule has 80 valence electrons. The van der Waals surface area contributed by atoms with Gasteiger partial charge in [0.1, 0.15) is 6.42 Å². The predicted molar refractivity (Wildman–Crippen MR) is 52.7 cm³/mol. The summed E-state index contributed by atoms with van der Waals surface area (Å²) in [4.78, 5) is 21.6. The second-order valence-electron chi connectivity index (χ2n) is 3.13. The van der Waals surface area contributed by atoms with Crippen LogP contribution in [0.5, 0.6) is 0 Å². The molecule has 4 heteroatoms. The lowest BCUT2D eigenvalue weighted by Crippen LogP contribution is -2.06. The van der Waals surface area contributed by atoms with Gasteiger partial charge in [-0.25, -0.2) is 0 Å². The Morgan fingerprint density at radius 2 is 1.80 bits per heavy atom. The Morgan fingerprint density at radius 3 is 2.27 bits per heavy atom. The van der Waals surface area contributed by atoms with Crippen LogP contribution in [0.2, 0.25) is 0 Å². The number of aliphatic carboxylic acids is 1. The van der Waals surface area contributed by atoms with Crippen LogP contribution >= 0.6 is 0 Å². The van der Waals surface area contributed by atoms with Gasteiger partial charge < -0.3 is 5.11 Å². The van der Waals surface area contributed by atoms with E-state index < -0.39 is 24.8 Å². The number of carbonyl (C=O) groups excluding carboxylic acids is 1. The van der Waals surface area contributed by atoms with Crippen LogP contribution in [0.25, 0.3) is 0 Å². The maximum atomic E-state index is 12.0. The minimum absolute atomic E-state index is 0.313. The van der Waals surface area contributed by atoms with Gasteiger partial charge in [-0.15, -0.1) is 0 Å². The van der Waals surface area contributed by atoms with Crippen LogP contribution in [0.15, 0.2) is 24.3 Å². The molecule has 0 aliphatic rings. The number of carbonyl (C=O) groups is 2. The van der Waals surface area contributed by atoms with Crippen LogP contribution in [0.1, 0.15) is 22.3 Å². The summed E-state index contributed by atoms with van der Waals surface area (Å²) in [6.07, 6.45) is -0.199. The zero-order valence-electron chi connectivity index (χ0n) is 8.07. The summed E-state index contributed by atoms with van der Waals surface area (Å²) in [7, 11) is 0. The van der Waals surface area contributed by atoms with Crippen molar-refractivity contribution in [2.45, 2.75) is 12.8 Å². The van der Waals surface area contributed by atoms with Crippen LogP contribution in [0, 0.1) is 0 Å². The number of rotatable bonds is 5. The molecular weight excluding hydrogens is 199 g/mol. The van der Waals surface area contributed by atoms with Gasteiger partial charge in [-0.2, -0.15) is 0 Å². The second kappa shape index (κ2) is 5.24. The minimum atomic E-state index is -1.15. The number of Topliss-reactive ketones (excluding diaryl/α,β-unsaturated/α-hetero) is 1. The molecule has 0 aliphatic heterocycles. The van der Waals surface area contributed by atoms with Crippen molar-refractivity contribution in [1.82, 2.24) is 0 Å².